The average molecular weight is 384 g/mol. The fraction of sp³-hybridized carbons (Fsp3) is 0.455. The Balaban J connectivity index is 1.66. The predicted octanol–water partition coefficient (Wildman–Crippen LogP) is 2.99. The number of ether oxygens (including phenoxy) is 1. The van der Waals surface area contributed by atoms with Crippen molar-refractivity contribution in [2.24, 2.45) is 5.92 Å². The zero-order chi connectivity index (χ0) is 20.3. The highest BCUT2D eigenvalue weighted by Crippen LogP contribution is 2.23. The number of carboxylic acid groups (broad SMARTS) is 1. The summed E-state index contributed by atoms with van der Waals surface area (Å²) in [5.74, 6) is -0.319. The maximum absolute atomic E-state index is 12.9. The minimum atomic E-state index is -0.773. The van der Waals surface area contributed by atoms with Crippen molar-refractivity contribution in [2.45, 2.75) is 32.4 Å². The van der Waals surface area contributed by atoms with Gasteiger partial charge >= 0.3 is 5.97 Å². The number of rotatable bonds is 6. The third-order valence-corrected chi connectivity index (χ3v) is 5.61. The first-order valence-electron chi connectivity index (χ1n) is 9.67. The van der Waals surface area contributed by atoms with E-state index in [1.54, 1.807) is 19.1 Å². The number of methoxy groups -OCH3 is 1. The van der Waals surface area contributed by atoms with E-state index in [-0.39, 0.29) is 17.9 Å². The largest absolute Gasteiger partial charge is 0.497 e. The van der Waals surface area contributed by atoms with E-state index in [4.69, 9.17) is 4.74 Å². The standard InChI is InChI=1S/C22H28N2O4/c1-15(24-10-4-5-19(14-24)22(26)27)21(25)23(2)13-16-6-7-18-12-20(28-3)9-8-17(18)11-16/h6-9,11-12,15,19H,4-5,10,13-14H2,1-3H3,(H,26,27). The number of likely N-dealkylation sites (tertiary alicyclic amines) is 1. The number of fused-ring (bicyclic) bond motifs is 1. The molecule has 1 heterocycles. The molecular weight excluding hydrogens is 356 g/mol. The number of hydrogen-bond acceptors (Lipinski definition) is 4. The minimum absolute atomic E-state index is 0.0147. The number of carboxylic acids is 1. The first kappa shape index (κ1) is 20.1. The number of amides is 1. The SMILES string of the molecule is COc1ccc2cc(CN(C)C(=O)C(C)N3CCCC(C(=O)O)C3)ccc2c1. The van der Waals surface area contributed by atoms with Gasteiger partial charge in [-0.15, -0.1) is 0 Å². The van der Waals surface area contributed by atoms with Gasteiger partial charge in [-0.2, -0.15) is 0 Å². The molecule has 150 valence electrons. The van der Waals surface area contributed by atoms with Crippen molar-refractivity contribution >= 4 is 22.6 Å². The van der Waals surface area contributed by atoms with Crippen LogP contribution in [0.3, 0.4) is 0 Å². The number of likely N-dealkylation sites (N-methyl/N-ethyl adjacent to an activating group) is 1. The summed E-state index contributed by atoms with van der Waals surface area (Å²) in [5.41, 5.74) is 1.06. The van der Waals surface area contributed by atoms with E-state index in [0.717, 1.165) is 35.1 Å². The van der Waals surface area contributed by atoms with Crippen LogP contribution in [0.25, 0.3) is 10.8 Å². The van der Waals surface area contributed by atoms with Crippen LogP contribution in [-0.4, -0.2) is 60.1 Å². The Labute approximate surface area is 165 Å². The molecule has 1 amide bonds. The number of piperidine rings is 1. The molecule has 0 spiro atoms. The van der Waals surface area contributed by atoms with Crippen LogP contribution in [0.1, 0.15) is 25.3 Å². The number of carbonyl (C=O) groups is 2. The third-order valence-electron chi connectivity index (χ3n) is 5.61. The number of carbonyl (C=O) groups excluding carboxylic acids is 1. The molecule has 0 radical (unpaired) electrons. The van der Waals surface area contributed by atoms with Gasteiger partial charge in [-0.05, 0) is 60.8 Å². The Hall–Kier alpha value is -2.60. The van der Waals surface area contributed by atoms with E-state index in [9.17, 15) is 14.7 Å². The molecule has 0 saturated carbocycles. The van der Waals surface area contributed by atoms with Crippen LogP contribution in [0.2, 0.25) is 0 Å². The van der Waals surface area contributed by atoms with E-state index in [1.165, 1.54) is 0 Å². The zero-order valence-corrected chi connectivity index (χ0v) is 16.7. The van der Waals surface area contributed by atoms with Crippen LogP contribution in [0.15, 0.2) is 36.4 Å². The van der Waals surface area contributed by atoms with Gasteiger partial charge in [0.25, 0.3) is 0 Å². The summed E-state index contributed by atoms with van der Waals surface area (Å²) in [6.07, 6.45) is 1.50. The molecule has 6 heteroatoms. The number of hydrogen-bond donors (Lipinski definition) is 1. The molecule has 2 aromatic carbocycles. The molecule has 3 rings (SSSR count). The molecule has 28 heavy (non-hydrogen) atoms. The molecule has 1 saturated heterocycles. The molecule has 0 bridgehead atoms. The van der Waals surface area contributed by atoms with Crippen LogP contribution in [0.5, 0.6) is 5.75 Å². The van der Waals surface area contributed by atoms with Gasteiger partial charge in [-0.25, -0.2) is 0 Å². The van der Waals surface area contributed by atoms with Crippen LogP contribution >= 0.6 is 0 Å². The lowest BCUT2D eigenvalue weighted by atomic mass is 9.97. The van der Waals surface area contributed by atoms with Gasteiger partial charge in [0.05, 0.1) is 19.1 Å². The van der Waals surface area contributed by atoms with Gasteiger partial charge in [0.1, 0.15) is 5.75 Å². The normalized spacial score (nSPS) is 18.6. The topological polar surface area (TPSA) is 70.1 Å². The molecule has 1 fully saturated rings. The van der Waals surface area contributed by atoms with Crippen molar-refractivity contribution in [3.8, 4) is 5.75 Å². The minimum Gasteiger partial charge on any atom is -0.497 e. The number of benzene rings is 2. The summed E-state index contributed by atoms with van der Waals surface area (Å²) >= 11 is 0. The lowest BCUT2D eigenvalue weighted by Gasteiger charge is -2.36. The third kappa shape index (κ3) is 4.44. The maximum Gasteiger partial charge on any atom is 0.307 e. The van der Waals surface area contributed by atoms with Gasteiger partial charge in [0, 0.05) is 20.1 Å². The molecule has 2 unspecified atom stereocenters. The molecule has 2 atom stereocenters. The second kappa shape index (κ2) is 8.61. The van der Waals surface area contributed by atoms with Gasteiger partial charge in [-0.1, -0.05) is 18.2 Å². The average Bonchev–Trinajstić information content (AvgIpc) is 2.72. The zero-order valence-electron chi connectivity index (χ0n) is 16.7. The van der Waals surface area contributed by atoms with E-state index < -0.39 is 5.97 Å². The lowest BCUT2D eigenvalue weighted by molar-refractivity contribution is -0.146. The molecule has 1 aliphatic heterocycles. The van der Waals surface area contributed by atoms with E-state index in [2.05, 4.69) is 6.07 Å². The first-order valence-corrected chi connectivity index (χ1v) is 9.67. The second-order valence-electron chi connectivity index (χ2n) is 7.59. The second-order valence-corrected chi connectivity index (χ2v) is 7.59. The van der Waals surface area contributed by atoms with Crippen LogP contribution in [0, 0.1) is 5.92 Å². The molecule has 0 aromatic heterocycles. The highest BCUT2D eigenvalue weighted by Gasteiger charge is 2.31. The van der Waals surface area contributed by atoms with Crippen LogP contribution < -0.4 is 4.74 Å². The molecule has 6 nitrogen and oxygen atoms in total. The smallest absolute Gasteiger partial charge is 0.307 e. The number of nitrogens with zero attached hydrogens (tertiary/aromatic N) is 2. The fourth-order valence-electron chi connectivity index (χ4n) is 3.89. The van der Waals surface area contributed by atoms with E-state index in [1.807, 2.05) is 42.2 Å². The van der Waals surface area contributed by atoms with E-state index in [0.29, 0.717) is 19.5 Å². The highest BCUT2D eigenvalue weighted by molar-refractivity contribution is 5.85. The van der Waals surface area contributed by atoms with Gasteiger partial charge in [0.2, 0.25) is 5.91 Å². The van der Waals surface area contributed by atoms with Gasteiger partial charge < -0.3 is 14.7 Å². The Morgan fingerprint density at radius 2 is 1.96 bits per heavy atom. The summed E-state index contributed by atoms with van der Waals surface area (Å²) < 4.78 is 5.26. The molecule has 1 N–H and O–H groups in total. The maximum atomic E-state index is 12.9. The van der Waals surface area contributed by atoms with Gasteiger partial charge in [-0.3, -0.25) is 14.5 Å². The Bertz CT molecular complexity index is 867. The molecule has 2 aromatic rings. The molecule has 0 aliphatic carbocycles. The Morgan fingerprint density at radius 3 is 2.68 bits per heavy atom. The van der Waals surface area contributed by atoms with Crippen molar-refractivity contribution < 1.29 is 19.4 Å². The summed E-state index contributed by atoms with van der Waals surface area (Å²) in [5, 5.41) is 11.5. The van der Waals surface area contributed by atoms with Gasteiger partial charge in [0.15, 0.2) is 0 Å². The fourth-order valence-corrected chi connectivity index (χ4v) is 3.89. The van der Waals surface area contributed by atoms with Crippen molar-refractivity contribution in [1.82, 2.24) is 9.80 Å². The van der Waals surface area contributed by atoms with Crippen molar-refractivity contribution in [3.05, 3.63) is 42.0 Å². The lowest BCUT2D eigenvalue weighted by Crippen LogP contribution is -2.50. The molecular formula is C22H28N2O4. The quantitative estimate of drug-likeness (QED) is 0.829. The Kier molecular flexibility index (Phi) is 6.19. The number of aliphatic carboxylic acids is 1. The monoisotopic (exact) mass is 384 g/mol. The van der Waals surface area contributed by atoms with Crippen LogP contribution in [0.4, 0.5) is 0 Å². The summed E-state index contributed by atoms with van der Waals surface area (Å²) in [6.45, 7) is 3.59. The predicted molar refractivity (Wildman–Crippen MR) is 108 cm³/mol. The highest BCUT2D eigenvalue weighted by atomic mass is 16.5. The van der Waals surface area contributed by atoms with Crippen molar-refractivity contribution in [2.75, 3.05) is 27.2 Å². The van der Waals surface area contributed by atoms with Crippen molar-refractivity contribution in [1.29, 1.82) is 0 Å². The molecule has 1 aliphatic rings. The van der Waals surface area contributed by atoms with Crippen LogP contribution in [-0.2, 0) is 16.1 Å². The summed E-state index contributed by atoms with van der Waals surface area (Å²) in [7, 11) is 3.45. The first-order chi connectivity index (χ1) is 13.4. The summed E-state index contributed by atoms with van der Waals surface area (Å²) in [6, 6.07) is 11.8. The van der Waals surface area contributed by atoms with E-state index >= 15 is 0 Å². The summed E-state index contributed by atoms with van der Waals surface area (Å²) in [4.78, 5) is 27.9. The Morgan fingerprint density at radius 1 is 1.25 bits per heavy atom. The van der Waals surface area contributed by atoms with Crippen molar-refractivity contribution in [3.63, 3.8) is 0 Å².